The number of carbonyl (C=O) groups is 1. The van der Waals surface area contributed by atoms with Crippen molar-refractivity contribution in [3.63, 3.8) is 0 Å². The number of aromatic amines is 1. The molecule has 2 aromatic rings. The predicted molar refractivity (Wildman–Crippen MR) is 78.2 cm³/mol. The lowest BCUT2D eigenvalue weighted by molar-refractivity contribution is 0.0652. The molecule has 0 unspecified atom stereocenters. The van der Waals surface area contributed by atoms with Crippen molar-refractivity contribution in [2.75, 3.05) is 33.4 Å². The van der Waals surface area contributed by atoms with Crippen molar-refractivity contribution in [2.24, 2.45) is 0 Å². The molecule has 6 heteroatoms. The largest absolute Gasteiger partial charge is 0.395 e. The molecular weight excluding hydrogens is 280 g/mol. The van der Waals surface area contributed by atoms with E-state index in [0.29, 0.717) is 23.9 Å². The monoisotopic (exact) mass is 296 g/mol. The van der Waals surface area contributed by atoms with Gasteiger partial charge in [0, 0.05) is 36.1 Å². The van der Waals surface area contributed by atoms with Crippen LogP contribution < -0.4 is 0 Å². The topological polar surface area (TPSA) is 65.6 Å². The van der Waals surface area contributed by atoms with E-state index in [1.54, 1.807) is 30.2 Å². The average molecular weight is 297 g/mol. The molecule has 0 radical (unpaired) electrons. The van der Waals surface area contributed by atoms with E-state index in [0.717, 1.165) is 10.9 Å². The molecule has 0 fully saturated rings. The van der Waals surface area contributed by atoms with Gasteiger partial charge in [-0.1, -0.05) is 17.7 Å². The Hall–Kier alpha value is -1.56. The molecule has 20 heavy (non-hydrogen) atoms. The van der Waals surface area contributed by atoms with Gasteiger partial charge in [0.2, 0.25) is 0 Å². The first-order valence-corrected chi connectivity index (χ1v) is 6.71. The van der Waals surface area contributed by atoms with Crippen molar-refractivity contribution >= 4 is 28.4 Å². The smallest absolute Gasteiger partial charge is 0.270 e. The summed E-state index contributed by atoms with van der Waals surface area (Å²) < 4.78 is 4.98. The first-order chi connectivity index (χ1) is 9.65. The summed E-state index contributed by atoms with van der Waals surface area (Å²) >= 11 is 5.92. The molecule has 0 atom stereocenters. The van der Waals surface area contributed by atoms with Crippen LogP contribution in [0.25, 0.3) is 10.9 Å². The molecule has 0 spiro atoms. The third-order valence-corrected chi connectivity index (χ3v) is 3.27. The van der Waals surface area contributed by atoms with Crippen LogP contribution in [-0.2, 0) is 4.74 Å². The summed E-state index contributed by atoms with van der Waals surface area (Å²) in [4.78, 5) is 17.0. The first kappa shape index (κ1) is 14.8. The molecule has 1 heterocycles. The molecule has 0 bridgehead atoms. The highest BCUT2D eigenvalue weighted by atomic mass is 35.5. The molecule has 1 amide bonds. The van der Waals surface area contributed by atoms with Gasteiger partial charge in [0.05, 0.1) is 13.2 Å². The number of fused-ring (bicyclic) bond motifs is 1. The van der Waals surface area contributed by atoms with E-state index in [4.69, 9.17) is 21.4 Å². The van der Waals surface area contributed by atoms with Crippen LogP contribution in [0.5, 0.6) is 0 Å². The van der Waals surface area contributed by atoms with Gasteiger partial charge < -0.3 is 19.7 Å². The number of halogens is 1. The van der Waals surface area contributed by atoms with E-state index >= 15 is 0 Å². The molecule has 0 saturated carbocycles. The molecule has 2 rings (SSSR count). The first-order valence-electron chi connectivity index (χ1n) is 6.33. The Morgan fingerprint density at radius 1 is 1.40 bits per heavy atom. The zero-order valence-electron chi connectivity index (χ0n) is 11.2. The van der Waals surface area contributed by atoms with Crippen LogP contribution in [0.15, 0.2) is 24.3 Å². The Labute approximate surface area is 122 Å². The van der Waals surface area contributed by atoms with Gasteiger partial charge >= 0.3 is 0 Å². The van der Waals surface area contributed by atoms with E-state index in [9.17, 15) is 4.79 Å². The highest BCUT2D eigenvalue weighted by Crippen LogP contribution is 2.20. The fourth-order valence-corrected chi connectivity index (χ4v) is 2.19. The van der Waals surface area contributed by atoms with E-state index in [2.05, 4.69) is 4.98 Å². The second-order valence-electron chi connectivity index (χ2n) is 4.42. The summed E-state index contributed by atoms with van der Waals surface area (Å²) in [6.07, 6.45) is 0. The maximum Gasteiger partial charge on any atom is 0.270 e. The van der Waals surface area contributed by atoms with Crippen molar-refractivity contribution in [3.8, 4) is 0 Å². The molecule has 108 valence electrons. The minimum Gasteiger partial charge on any atom is -0.395 e. The van der Waals surface area contributed by atoms with Crippen molar-refractivity contribution in [1.29, 1.82) is 0 Å². The van der Waals surface area contributed by atoms with Gasteiger partial charge in [-0.25, -0.2) is 0 Å². The number of H-pyrrole nitrogens is 1. The van der Waals surface area contributed by atoms with E-state index in [1.807, 2.05) is 6.07 Å². The Morgan fingerprint density at radius 3 is 2.90 bits per heavy atom. The molecule has 1 aromatic carbocycles. The number of nitrogens with zero attached hydrogens (tertiary/aromatic N) is 1. The molecule has 0 aliphatic rings. The molecule has 5 nitrogen and oxygen atoms in total. The molecular formula is C14H17ClN2O3. The molecule has 1 aromatic heterocycles. The Balaban J connectivity index is 2.23. The SMILES string of the molecule is COCCN(CCO)C(=O)c1cc2ccc(Cl)cc2[nH]1. The summed E-state index contributed by atoms with van der Waals surface area (Å²) in [6.45, 7) is 1.06. The molecule has 0 aliphatic carbocycles. The third kappa shape index (κ3) is 3.30. The lowest BCUT2D eigenvalue weighted by atomic mass is 10.2. The van der Waals surface area contributed by atoms with Crippen molar-refractivity contribution in [2.45, 2.75) is 0 Å². The second-order valence-corrected chi connectivity index (χ2v) is 4.86. The van der Waals surface area contributed by atoms with Crippen molar-refractivity contribution in [1.82, 2.24) is 9.88 Å². The summed E-state index contributed by atoms with van der Waals surface area (Å²) in [6, 6.07) is 7.20. The number of ether oxygens (including phenoxy) is 1. The standard InChI is InChI=1S/C14H17ClN2O3/c1-20-7-5-17(4-6-18)14(19)13-8-10-2-3-11(15)9-12(10)16-13/h2-3,8-9,16,18H,4-7H2,1H3. The highest BCUT2D eigenvalue weighted by molar-refractivity contribution is 6.31. The summed E-state index contributed by atoms with van der Waals surface area (Å²) in [5.41, 5.74) is 1.29. The number of hydrogen-bond acceptors (Lipinski definition) is 3. The number of benzene rings is 1. The van der Waals surface area contributed by atoms with Gasteiger partial charge in [0.15, 0.2) is 0 Å². The van der Waals surface area contributed by atoms with E-state index in [-0.39, 0.29) is 19.1 Å². The number of methoxy groups -OCH3 is 1. The van der Waals surface area contributed by atoms with Crippen LogP contribution in [0.4, 0.5) is 0 Å². The van der Waals surface area contributed by atoms with Crippen LogP contribution in [0.3, 0.4) is 0 Å². The summed E-state index contributed by atoms with van der Waals surface area (Å²) in [7, 11) is 1.58. The highest BCUT2D eigenvalue weighted by Gasteiger charge is 2.17. The normalized spacial score (nSPS) is 10.9. The Bertz CT molecular complexity index is 597. The number of amides is 1. The van der Waals surface area contributed by atoms with Gasteiger partial charge in [-0.15, -0.1) is 0 Å². The van der Waals surface area contributed by atoms with Crippen molar-refractivity contribution < 1.29 is 14.6 Å². The fourth-order valence-electron chi connectivity index (χ4n) is 2.02. The van der Waals surface area contributed by atoms with Gasteiger partial charge in [-0.05, 0) is 18.2 Å². The number of nitrogens with one attached hydrogen (secondary N) is 1. The lowest BCUT2D eigenvalue weighted by Crippen LogP contribution is -2.36. The van der Waals surface area contributed by atoms with Crippen LogP contribution in [-0.4, -0.2) is 54.3 Å². The number of aliphatic hydroxyl groups excluding tert-OH is 1. The van der Waals surface area contributed by atoms with Crippen LogP contribution in [0.2, 0.25) is 5.02 Å². The lowest BCUT2D eigenvalue weighted by Gasteiger charge is -2.20. The quantitative estimate of drug-likeness (QED) is 0.856. The number of hydrogen-bond donors (Lipinski definition) is 2. The van der Waals surface area contributed by atoms with Crippen molar-refractivity contribution in [3.05, 3.63) is 35.0 Å². The number of carbonyl (C=O) groups excluding carboxylic acids is 1. The minimum absolute atomic E-state index is 0.0818. The summed E-state index contributed by atoms with van der Waals surface area (Å²) in [5.74, 6) is -0.163. The summed E-state index contributed by atoms with van der Waals surface area (Å²) in [5, 5.41) is 10.6. The number of aromatic nitrogens is 1. The van der Waals surface area contributed by atoms with Gasteiger partial charge in [-0.2, -0.15) is 0 Å². The van der Waals surface area contributed by atoms with E-state index in [1.165, 1.54) is 0 Å². The molecule has 2 N–H and O–H groups in total. The van der Waals surface area contributed by atoms with E-state index < -0.39 is 0 Å². The number of aliphatic hydroxyl groups is 1. The maximum absolute atomic E-state index is 12.4. The number of rotatable bonds is 6. The maximum atomic E-state index is 12.4. The molecule has 0 saturated heterocycles. The predicted octanol–water partition coefficient (Wildman–Crippen LogP) is 1.90. The van der Waals surface area contributed by atoms with Gasteiger partial charge in [0.25, 0.3) is 5.91 Å². The second kappa shape index (κ2) is 6.74. The zero-order chi connectivity index (χ0) is 14.5. The third-order valence-electron chi connectivity index (χ3n) is 3.04. The fraction of sp³-hybridized carbons (Fsp3) is 0.357. The van der Waals surface area contributed by atoms with Gasteiger partial charge in [0.1, 0.15) is 5.69 Å². The molecule has 0 aliphatic heterocycles. The Morgan fingerprint density at radius 2 is 2.20 bits per heavy atom. The van der Waals surface area contributed by atoms with Crippen LogP contribution in [0, 0.1) is 0 Å². The zero-order valence-corrected chi connectivity index (χ0v) is 12.0. The average Bonchev–Trinajstić information content (AvgIpc) is 2.85. The minimum atomic E-state index is -0.163. The van der Waals surface area contributed by atoms with Crippen LogP contribution in [0.1, 0.15) is 10.5 Å². The van der Waals surface area contributed by atoms with Gasteiger partial charge in [-0.3, -0.25) is 4.79 Å². The van der Waals surface area contributed by atoms with Crippen LogP contribution >= 0.6 is 11.6 Å². The Kier molecular flexibility index (Phi) is 5.00.